The molecule has 140 valence electrons. The number of nitrogens with one attached hydrogen (secondary N) is 2. The van der Waals surface area contributed by atoms with E-state index in [0.717, 1.165) is 31.4 Å². The Hall–Kier alpha value is -2.08. The summed E-state index contributed by atoms with van der Waals surface area (Å²) in [5, 5.41) is 3.22. The summed E-state index contributed by atoms with van der Waals surface area (Å²) >= 11 is 1.28. The second kappa shape index (κ2) is 10.2. The lowest BCUT2D eigenvalue weighted by atomic mass is 10.1. The summed E-state index contributed by atoms with van der Waals surface area (Å²) in [6.07, 6.45) is 3.50. The number of hydrogen-bond donors (Lipinski definition) is 2. The first-order valence-electron chi connectivity index (χ1n) is 9.09. The van der Waals surface area contributed by atoms with Gasteiger partial charge in [-0.1, -0.05) is 55.4 Å². The normalized spacial score (nSPS) is 13.2. The standard InChI is InChI=1S/C20H27N3O2S/c1-4-8-17-13-18(24)23-20(22-17)26-15(3)19(25)21-14(2)11-12-16-9-6-5-7-10-16/h5-7,9-10,13-15H,4,8,11-12H2,1-3H3,(H,21,25)(H,22,23,24)/t14-,15-/m0/s1. The van der Waals surface area contributed by atoms with E-state index in [0.29, 0.717) is 5.16 Å². The number of carbonyl (C=O) groups is 1. The SMILES string of the molecule is CCCc1cc(=O)[nH]c(S[C@@H](C)C(=O)N[C@@H](C)CCc2ccccc2)n1. The molecule has 2 N–H and O–H groups in total. The van der Waals surface area contributed by atoms with Gasteiger partial charge in [-0.15, -0.1) is 0 Å². The summed E-state index contributed by atoms with van der Waals surface area (Å²) in [6.45, 7) is 5.89. The van der Waals surface area contributed by atoms with Crippen LogP contribution in [0, 0.1) is 0 Å². The van der Waals surface area contributed by atoms with E-state index in [4.69, 9.17) is 0 Å². The summed E-state index contributed by atoms with van der Waals surface area (Å²) in [4.78, 5) is 31.3. The van der Waals surface area contributed by atoms with Crippen molar-refractivity contribution in [2.45, 2.75) is 62.9 Å². The van der Waals surface area contributed by atoms with Gasteiger partial charge in [0.25, 0.3) is 5.56 Å². The summed E-state index contributed by atoms with van der Waals surface area (Å²) < 4.78 is 0. The minimum atomic E-state index is -0.325. The van der Waals surface area contributed by atoms with Crippen LogP contribution in [0.2, 0.25) is 0 Å². The van der Waals surface area contributed by atoms with Crippen molar-refractivity contribution in [1.82, 2.24) is 15.3 Å². The molecule has 0 radical (unpaired) electrons. The number of H-pyrrole nitrogens is 1. The third-order valence-corrected chi connectivity index (χ3v) is 5.02. The van der Waals surface area contributed by atoms with E-state index in [-0.39, 0.29) is 22.8 Å². The fraction of sp³-hybridized carbons (Fsp3) is 0.450. The zero-order chi connectivity index (χ0) is 18.9. The van der Waals surface area contributed by atoms with Gasteiger partial charge in [0.1, 0.15) is 0 Å². The van der Waals surface area contributed by atoms with Gasteiger partial charge in [0.15, 0.2) is 5.16 Å². The molecule has 0 saturated carbocycles. The maximum absolute atomic E-state index is 12.4. The maximum atomic E-state index is 12.4. The predicted molar refractivity (Wildman–Crippen MR) is 107 cm³/mol. The largest absolute Gasteiger partial charge is 0.353 e. The van der Waals surface area contributed by atoms with Crippen LogP contribution in [0.4, 0.5) is 0 Å². The number of amides is 1. The molecular weight excluding hydrogens is 346 g/mol. The van der Waals surface area contributed by atoms with Crippen LogP contribution in [0.15, 0.2) is 46.3 Å². The lowest BCUT2D eigenvalue weighted by Gasteiger charge is -2.17. The average molecular weight is 374 g/mol. The van der Waals surface area contributed by atoms with Crippen molar-refractivity contribution in [3.05, 3.63) is 58.0 Å². The first-order chi connectivity index (χ1) is 12.5. The number of carbonyl (C=O) groups excluding carboxylic acids is 1. The highest BCUT2D eigenvalue weighted by Crippen LogP contribution is 2.19. The third kappa shape index (κ3) is 6.67. The Balaban J connectivity index is 1.86. The Bertz CT molecular complexity index is 761. The van der Waals surface area contributed by atoms with Gasteiger partial charge in [0.05, 0.1) is 5.25 Å². The fourth-order valence-corrected chi connectivity index (χ4v) is 3.44. The van der Waals surface area contributed by atoms with Crippen molar-refractivity contribution in [3.63, 3.8) is 0 Å². The highest BCUT2D eigenvalue weighted by atomic mass is 32.2. The second-order valence-electron chi connectivity index (χ2n) is 6.49. The van der Waals surface area contributed by atoms with Crippen molar-refractivity contribution in [2.75, 3.05) is 0 Å². The van der Waals surface area contributed by atoms with E-state index < -0.39 is 0 Å². The molecule has 2 aromatic rings. The van der Waals surface area contributed by atoms with Gasteiger partial charge in [-0.05, 0) is 38.7 Å². The lowest BCUT2D eigenvalue weighted by molar-refractivity contribution is -0.120. The first kappa shape index (κ1) is 20.2. The average Bonchev–Trinajstić information content (AvgIpc) is 2.60. The molecule has 2 rings (SSSR count). The van der Waals surface area contributed by atoms with Crippen LogP contribution in [0.1, 0.15) is 44.9 Å². The van der Waals surface area contributed by atoms with Gasteiger partial charge in [-0.25, -0.2) is 4.98 Å². The first-order valence-corrected chi connectivity index (χ1v) is 9.97. The molecule has 0 spiro atoms. The molecule has 5 nitrogen and oxygen atoms in total. The highest BCUT2D eigenvalue weighted by molar-refractivity contribution is 8.00. The molecule has 2 atom stereocenters. The van der Waals surface area contributed by atoms with Crippen LogP contribution >= 0.6 is 11.8 Å². The minimum absolute atomic E-state index is 0.0425. The number of aromatic amines is 1. The van der Waals surface area contributed by atoms with Crippen molar-refractivity contribution in [3.8, 4) is 0 Å². The van der Waals surface area contributed by atoms with E-state index in [2.05, 4.69) is 27.4 Å². The molecule has 0 saturated heterocycles. The highest BCUT2D eigenvalue weighted by Gasteiger charge is 2.18. The molecule has 1 heterocycles. The number of aryl methyl sites for hydroxylation is 2. The Morgan fingerprint density at radius 2 is 1.96 bits per heavy atom. The van der Waals surface area contributed by atoms with Crippen molar-refractivity contribution >= 4 is 17.7 Å². The molecule has 26 heavy (non-hydrogen) atoms. The summed E-state index contributed by atoms with van der Waals surface area (Å²) in [6, 6.07) is 11.8. The van der Waals surface area contributed by atoms with Crippen molar-refractivity contribution in [1.29, 1.82) is 0 Å². The summed E-state index contributed by atoms with van der Waals surface area (Å²) in [5.74, 6) is -0.0425. The van der Waals surface area contributed by atoms with Crippen molar-refractivity contribution in [2.24, 2.45) is 0 Å². The number of nitrogens with zero attached hydrogens (tertiary/aromatic N) is 1. The van der Waals surface area contributed by atoms with Gasteiger partial charge >= 0.3 is 0 Å². The van der Waals surface area contributed by atoms with Crippen LogP contribution in [0.25, 0.3) is 0 Å². The molecule has 6 heteroatoms. The maximum Gasteiger partial charge on any atom is 0.251 e. The molecule has 0 unspecified atom stereocenters. The molecule has 1 amide bonds. The minimum Gasteiger partial charge on any atom is -0.353 e. The van der Waals surface area contributed by atoms with Crippen LogP contribution in [0.3, 0.4) is 0 Å². The number of benzene rings is 1. The molecule has 0 aliphatic carbocycles. The Morgan fingerprint density at radius 3 is 2.65 bits per heavy atom. The summed E-state index contributed by atoms with van der Waals surface area (Å²) in [7, 11) is 0. The quantitative estimate of drug-likeness (QED) is 0.522. The number of hydrogen-bond acceptors (Lipinski definition) is 4. The number of thioether (sulfide) groups is 1. The van der Waals surface area contributed by atoms with Gasteiger partial charge in [0.2, 0.25) is 5.91 Å². The van der Waals surface area contributed by atoms with E-state index in [9.17, 15) is 9.59 Å². The Morgan fingerprint density at radius 1 is 1.23 bits per heavy atom. The van der Waals surface area contributed by atoms with E-state index >= 15 is 0 Å². The van der Waals surface area contributed by atoms with E-state index in [1.165, 1.54) is 23.4 Å². The number of aromatic nitrogens is 2. The van der Waals surface area contributed by atoms with Crippen LogP contribution < -0.4 is 10.9 Å². The Kier molecular flexibility index (Phi) is 7.91. The fourth-order valence-electron chi connectivity index (χ4n) is 2.60. The second-order valence-corrected chi connectivity index (χ2v) is 7.82. The monoisotopic (exact) mass is 373 g/mol. The summed E-state index contributed by atoms with van der Waals surface area (Å²) in [5.41, 5.74) is 1.86. The van der Waals surface area contributed by atoms with Crippen LogP contribution in [0.5, 0.6) is 0 Å². The zero-order valence-electron chi connectivity index (χ0n) is 15.6. The molecule has 0 fully saturated rings. The topological polar surface area (TPSA) is 74.8 Å². The molecule has 1 aromatic heterocycles. The number of rotatable bonds is 9. The van der Waals surface area contributed by atoms with E-state index in [1.807, 2.05) is 39.0 Å². The van der Waals surface area contributed by atoms with Gasteiger partial charge in [0, 0.05) is 17.8 Å². The van der Waals surface area contributed by atoms with Crippen molar-refractivity contribution < 1.29 is 4.79 Å². The third-order valence-electron chi connectivity index (χ3n) is 4.03. The Labute approximate surface area is 159 Å². The molecule has 0 bridgehead atoms. The predicted octanol–water partition coefficient (Wildman–Crippen LogP) is 3.34. The van der Waals surface area contributed by atoms with Gasteiger partial charge in [-0.2, -0.15) is 0 Å². The molecule has 0 aliphatic rings. The molecule has 1 aromatic carbocycles. The van der Waals surface area contributed by atoms with Gasteiger partial charge < -0.3 is 10.3 Å². The zero-order valence-corrected chi connectivity index (χ0v) is 16.4. The lowest BCUT2D eigenvalue weighted by Crippen LogP contribution is -2.38. The van der Waals surface area contributed by atoms with E-state index in [1.54, 1.807) is 0 Å². The molecule has 0 aliphatic heterocycles. The van der Waals surface area contributed by atoms with Crippen LogP contribution in [-0.4, -0.2) is 27.2 Å². The van der Waals surface area contributed by atoms with Gasteiger partial charge in [-0.3, -0.25) is 9.59 Å². The molecular formula is C20H27N3O2S. The van der Waals surface area contributed by atoms with Crippen LogP contribution in [-0.2, 0) is 17.6 Å². The smallest absolute Gasteiger partial charge is 0.251 e.